The molecule has 0 fully saturated rings. The lowest BCUT2D eigenvalue weighted by Crippen LogP contribution is -2.34. The number of carbonyl (C=O) groups excluding carboxylic acids is 2. The molecule has 2 amide bonds. The molecule has 3 unspecified atom stereocenters. The van der Waals surface area contributed by atoms with Gasteiger partial charge in [0.05, 0.1) is 29.1 Å². The second kappa shape index (κ2) is 11.8. The van der Waals surface area contributed by atoms with Crippen LogP contribution in [0.4, 0.5) is 26.3 Å². The van der Waals surface area contributed by atoms with Gasteiger partial charge in [0.2, 0.25) is 5.91 Å². The van der Waals surface area contributed by atoms with Crippen molar-refractivity contribution in [1.82, 2.24) is 20.1 Å². The van der Waals surface area contributed by atoms with Gasteiger partial charge in [-0.3, -0.25) is 19.3 Å². The zero-order valence-electron chi connectivity index (χ0n) is 23.0. The van der Waals surface area contributed by atoms with E-state index in [4.69, 9.17) is 5.73 Å². The normalized spacial score (nSPS) is 16.9. The van der Waals surface area contributed by atoms with Crippen LogP contribution in [0.15, 0.2) is 54.7 Å². The van der Waals surface area contributed by atoms with E-state index in [-0.39, 0.29) is 40.9 Å². The molecule has 0 bridgehead atoms. The SMILES string of the molecule is CC1Cc2c(C(F)(F)F)nn(CC(=O)NC(Cc3cc(F)cc(F)c3)c3ncccc3-c3ccc(F)c(C(N)=O)c3)c2C1O. The van der Waals surface area contributed by atoms with Crippen molar-refractivity contribution >= 4 is 11.8 Å². The maximum atomic E-state index is 14.2. The van der Waals surface area contributed by atoms with Crippen LogP contribution in [0, 0.1) is 23.4 Å². The number of pyridine rings is 1. The molecule has 0 radical (unpaired) electrons. The molecule has 2 aromatic carbocycles. The molecule has 3 atom stereocenters. The highest BCUT2D eigenvalue weighted by atomic mass is 19.4. The summed E-state index contributed by atoms with van der Waals surface area (Å²) in [6.07, 6.45) is -5.03. The van der Waals surface area contributed by atoms with E-state index in [1.807, 2.05) is 0 Å². The van der Waals surface area contributed by atoms with Gasteiger partial charge in [-0.25, -0.2) is 13.2 Å². The van der Waals surface area contributed by atoms with Gasteiger partial charge < -0.3 is 16.2 Å². The number of benzene rings is 2. The van der Waals surface area contributed by atoms with Crippen LogP contribution in [0.25, 0.3) is 11.1 Å². The van der Waals surface area contributed by atoms with Crippen LogP contribution in [0.3, 0.4) is 0 Å². The van der Waals surface area contributed by atoms with Crippen molar-refractivity contribution in [1.29, 1.82) is 0 Å². The van der Waals surface area contributed by atoms with Crippen LogP contribution < -0.4 is 11.1 Å². The van der Waals surface area contributed by atoms with Crippen LogP contribution in [0.5, 0.6) is 0 Å². The Hall–Kier alpha value is -4.72. The minimum absolute atomic E-state index is 0.0804. The van der Waals surface area contributed by atoms with Gasteiger partial charge in [-0.1, -0.05) is 19.1 Å². The topological polar surface area (TPSA) is 123 Å². The lowest BCUT2D eigenvalue weighted by molar-refractivity contribution is -0.142. The van der Waals surface area contributed by atoms with Gasteiger partial charge in [-0.05, 0) is 60.2 Å². The lowest BCUT2D eigenvalue weighted by Gasteiger charge is -2.22. The Balaban J connectivity index is 1.54. The van der Waals surface area contributed by atoms with Crippen molar-refractivity contribution in [3.8, 4) is 11.1 Å². The summed E-state index contributed by atoms with van der Waals surface area (Å²) in [4.78, 5) is 29.5. The van der Waals surface area contributed by atoms with Crippen molar-refractivity contribution in [2.45, 2.75) is 44.6 Å². The molecule has 1 aliphatic carbocycles. The molecule has 0 spiro atoms. The average molecular weight is 618 g/mol. The number of hydrogen-bond donors (Lipinski definition) is 3. The van der Waals surface area contributed by atoms with E-state index in [1.54, 1.807) is 13.0 Å². The first-order valence-corrected chi connectivity index (χ1v) is 13.4. The molecule has 0 saturated carbocycles. The predicted molar refractivity (Wildman–Crippen MR) is 144 cm³/mol. The molecule has 230 valence electrons. The van der Waals surface area contributed by atoms with Gasteiger partial charge in [-0.15, -0.1) is 0 Å². The molecule has 5 rings (SSSR count). The smallest absolute Gasteiger partial charge is 0.387 e. The first kappa shape index (κ1) is 30.7. The number of aliphatic hydroxyl groups is 1. The van der Waals surface area contributed by atoms with Gasteiger partial charge in [0.25, 0.3) is 5.91 Å². The second-order valence-corrected chi connectivity index (χ2v) is 10.6. The molecule has 4 aromatic rings. The molecule has 2 aromatic heterocycles. The number of aromatic nitrogens is 3. The van der Waals surface area contributed by atoms with Crippen molar-refractivity contribution in [2.75, 3.05) is 0 Å². The number of alkyl halides is 3. The molecule has 0 aliphatic heterocycles. The Morgan fingerprint density at radius 3 is 2.48 bits per heavy atom. The van der Waals surface area contributed by atoms with Gasteiger partial charge in [0.15, 0.2) is 5.69 Å². The quantitative estimate of drug-likeness (QED) is 0.245. The first-order chi connectivity index (χ1) is 20.7. The fourth-order valence-corrected chi connectivity index (χ4v) is 5.47. The zero-order chi connectivity index (χ0) is 31.9. The number of fused-ring (bicyclic) bond motifs is 1. The monoisotopic (exact) mass is 617 g/mol. The summed E-state index contributed by atoms with van der Waals surface area (Å²) < 4.78 is 84.3. The molecule has 1 aliphatic rings. The largest absolute Gasteiger partial charge is 0.435 e. The highest BCUT2D eigenvalue weighted by Gasteiger charge is 2.44. The fourth-order valence-electron chi connectivity index (χ4n) is 5.47. The second-order valence-electron chi connectivity index (χ2n) is 10.6. The number of aliphatic hydroxyl groups excluding tert-OH is 1. The van der Waals surface area contributed by atoms with E-state index in [0.717, 1.165) is 22.9 Å². The Kier molecular flexibility index (Phi) is 8.21. The van der Waals surface area contributed by atoms with Gasteiger partial charge in [-0.2, -0.15) is 18.3 Å². The van der Waals surface area contributed by atoms with Crippen molar-refractivity contribution < 1.29 is 41.0 Å². The zero-order valence-corrected chi connectivity index (χ0v) is 23.0. The number of halogens is 6. The molecule has 2 heterocycles. The standard InChI is InChI=1S/C30H25F6N5O3/c1-14-7-21-26(27(14)43)41(40-28(21)30(34,35)36)13-24(42)39-23(10-15-8-17(31)12-18(32)9-15)25-19(3-2-6-38-25)16-4-5-22(33)20(11-16)29(37)44/h2-6,8-9,11-12,14,23,27,43H,7,10,13H2,1H3,(H2,37,44)(H,39,42). The molecule has 44 heavy (non-hydrogen) atoms. The van der Waals surface area contributed by atoms with Gasteiger partial charge in [0.1, 0.15) is 24.0 Å². The summed E-state index contributed by atoms with van der Waals surface area (Å²) in [6, 6.07) is 8.26. The number of rotatable bonds is 8. The van der Waals surface area contributed by atoms with Gasteiger partial charge >= 0.3 is 6.18 Å². The minimum atomic E-state index is -4.82. The highest BCUT2D eigenvalue weighted by molar-refractivity contribution is 5.94. The van der Waals surface area contributed by atoms with E-state index in [9.17, 15) is 41.0 Å². The van der Waals surface area contributed by atoms with Crippen molar-refractivity contribution in [3.05, 3.63) is 106 Å². The maximum absolute atomic E-state index is 14.2. The molecule has 8 nitrogen and oxygen atoms in total. The number of primary amides is 1. The van der Waals surface area contributed by atoms with E-state index in [2.05, 4.69) is 15.4 Å². The lowest BCUT2D eigenvalue weighted by atomic mass is 9.94. The Morgan fingerprint density at radius 2 is 1.82 bits per heavy atom. The first-order valence-electron chi connectivity index (χ1n) is 13.4. The van der Waals surface area contributed by atoms with Crippen molar-refractivity contribution in [3.63, 3.8) is 0 Å². The van der Waals surface area contributed by atoms with Crippen molar-refractivity contribution in [2.24, 2.45) is 11.7 Å². The minimum Gasteiger partial charge on any atom is -0.387 e. The third-order valence-electron chi connectivity index (χ3n) is 7.41. The van der Waals surface area contributed by atoms with Crippen LogP contribution >= 0.6 is 0 Å². The summed E-state index contributed by atoms with van der Waals surface area (Å²) in [5.41, 5.74) is 4.23. The highest BCUT2D eigenvalue weighted by Crippen LogP contribution is 2.43. The molecule has 0 saturated heterocycles. The summed E-state index contributed by atoms with van der Waals surface area (Å²) in [7, 11) is 0. The summed E-state index contributed by atoms with van der Waals surface area (Å²) >= 11 is 0. The fraction of sp³-hybridized carbons (Fsp3) is 0.267. The number of carbonyl (C=O) groups is 2. The van der Waals surface area contributed by atoms with Gasteiger partial charge in [0, 0.05) is 23.4 Å². The predicted octanol–water partition coefficient (Wildman–Crippen LogP) is 4.81. The molecular weight excluding hydrogens is 592 g/mol. The number of nitrogens with two attached hydrogens (primary N) is 1. The van der Waals surface area contributed by atoms with E-state index >= 15 is 0 Å². The van der Waals surface area contributed by atoms with Crippen LogP contribution in [0.2, 0.25) is 0 Å². The average Bonchev–Trinajstić information content (AvgIpc) is 3.43. The molecule has 4 N–H and O–H groups in total. The maximum Gasteiger partial charge on any atom is 0.435 e. The summed E-state index contributed by atoms with van der Waals surface area (Å²) in [5.74, 6) is -5.04. The van der Waals surface area contributed by atoms with E-state index in [0.29, 0.717) is 11.6 Å². The molecule has 14 heteroatoms. The third-order valence-corrected chi connectivity index (χ3v) is 7.41. The van der Waals surface area contributed by atoms with E-state index < -0.39 is 71.3 Å². The number of nitrogens with one attached hydrogen (secondary N) is 1. The van der Waals surface area contributed by atoms with Crippen LogP contribution in [-0.4, -0.2) is 31.7 Å². The van der Waals surface area contributed by atoms with Crippen LogP contribution in [0.1, 0.15) is 57.6 Å². The van der Waals surface area contributed by atoms with Crippen LogP contribution in [-0.2, 0) is 30.4 Å². The number of nitrogens with zero attached hydrogens (tertiary/aromatic N) is 3. The number of amides is 2. The Labute approximate surface area is 246 Å². The Bertz CT molecular complexity index is 1740. The molecular formula is C30H25F6N5O3. The van der Waals surface area contributed by atoms with E-state index in [1.165, 1.54) is 24.4 Å². The Morgan fingerprint density at radius 1 is 1.11 bits per heavy atom. The number of hydrogen-bond acceptors (Lipinski definition) is 5. The summed E-state index contributed by atoms with van der Waals surface area (Å²) in [6.45, 7) is 0.853. The summed E-state index contributed by atoms with van der Waals surface area (Å²) in [5, 5.41) is 16.8. The third kappa shape index (κ3) is 6.16.